The van der Waals surface area contributed by atoms with Crippen molar-refractivity contribution in [1.82, 2.24) is 9.80 Å². The Balaban J connectivity index is 1.63. The van der Waals surface area contributed by atoms with Crippen LogP contribution < -0.4 is 4.90 Å². The fraction of sp³-hybridized carbons (Fsp3) is 0.429. The Hall–Kier alpha value is -2.16. The van der Waals surface area contributed by atoms with Crippen LogP contribution in [0.2, 0.25) is 0 Å². The predicted octanol–water partition coefficient (Wildman–Crippen LogP) is 4.43. The van der Waals surface area contributed by atoms with Crippen LogP contribution in [-0.4, -0.2) is 29.6 Å². The van der Waals surface area contributed by atoms with Crippen LogP contribution in [0.25, 0.3) is 0 Å². The highest BCUT2D eigenvalue weighted by atomic mass is 15.4. The molecule has 0 atom stereocenters. The highest BCUT2D eigenvalue weighted by Gasteiger charge is 2.29. The zero-order chi connectivity index (χ0) is 16.7. The molecule has 3 heteroatoms. The van der Waals surface area contributed by atoms with E-state index in [9.17, 15) is 0 Å². The van der Waals surface area contributed by atoms with E-state index in [4.69, 9.17) is 0 Å². The maximum Gasteiger partial charge on any atom is 0.110 e. The van der Waals surface area contributed by atoms with Crippen molar-refractivity contribution in [3.8, 4) is 0 Å². The van der Waals surface area contributed by atoms with Crippen LogP contribution in [-0.2, 0) is 0 Å². The minimum Gasteiger partial charge on any atom is -0.358 e. The summed E-state index contributed by atoms with van der Waals surface area (Å²) in [6.45, 7) is 9.91. The number of allylic oxidation sites excluding steroid dienone is 3. The molecular weight excluding hydrogens is 294 g/mol. The van der Waals surface area contributed by atoms with E-state index in [0.29, 0.717) is 0 Å². The highest BCUT2D eigenvalue weighted by Crippen LogP contribution is 2.35. The van der Waals surface area contributed by atoms with Crippen LogP contribution in [0.15, 0.2) is 48.1 Å². The van der Waals surface area contributed by atoms with E-state index in [2.05, 4.69) is 72.0 Å². The van der Waals surface area contributed by atoms with Gasteiger partial charge in [0.2, 0.25) is 0 Å². The second-order valence-electron chi connectivity index (χ2n) is 7.27. The second-order valence-corrected chi connectivity index (χ2v) is 7.27. The first-order chi connectivity index (χ1) is 11.6. The second kappa shape index (κ2) is 6.04. The van der Waals surface area contributed by atoms with Crippen LogP contribution in [0, 0.1) is 20.8 Å². The maximum atomic E-state index is 2.55. The standard InChI is InChI=1S/C21H27N3/c1-16-12-17(2)21(18(3)13-16)23-14-19-8-7-9-20(24(19)15-23)22-10-5-4-6-11-22/h7-9,12-14H,4-6,10-11,15H2,1-3H3. The Labute approximate surface area is 145 Å². The first-order valence-corrected chi connectivity index (χ1v) is 9.10. The molecule has 24 heavy (non-hydrogen) atoms. The summed E-state index contributed by atoms with van der Waals surface area (Å²) in [7, 11) is 0. The van der Waals surface area contributed by atoms with Crippen LogP contribution in [0.3, 0.4) is 0 Å². The van der Waals surface area contributed by atoms with Gasteiger partial charge in [0.1, 0.15) is 12.5 Å². The monoisotopic (exact) mass is 321 g/mol. The van der Waals surface area contributed by atoms with Gasteiger partial charge in [-0.05, 0) is 63.3 Å². The SMILES string of the molecule is Cc1cc(C)c(N2C=C3C=CC=C(N4CCCCC4)N3C2)c(C)c1. The van der Waals surface area contributed by atoms with E-state index in [0.717, 1.165) is 6.67 Å². The lowest BCUT2D eigenvalue weighted by atomic mass is 10.0. The maximum absolute atomic E-state index is 2.55. The average molecular weight is 321 g/mol. The lowest BCUT2D eigenvalue weighted by Crippen LogP contribution is -2.39. The molecule has 0 amide bonds. The molecule has 3 nitrogen and oxygen atoms in total. The molecule has 3 aliphatic heterocycles. The minimum absolute atomic E-state index is 0.909. The van der Waals surface area contributed by atoms with E-state index in [1.807, 2.05) is 0 Å². The van der Waals surface area contributed by atoms with Crippen LogP contribution in [0.5, 0.6) is 0 Å². The zero-order valence-corrected chi connectivity index (χ0v) is 15.0. The minimum atomic E-state index is 0.909. The number of likely N-dealkylation sites (tertiary alicyclic amines) is 1. The molecule has 4 rings (SSSR count). The van der Waals surface area contributed by atoms with Crippen molar-refractivity contribution in [1.29, 1.82) is 0 Å². The first kappa shape index (κ1) is 15.4. The Bertz CT molecular complexity index is 712. The van der Waals surface area contributed by atoms with Gasteiger partial charge in [-0.3, -0.25) is 0 Å². The van der Waals surface area contributed by atoms with E-state index in [1.165, 1.54) is 66.2 Å². The topological polar surface area (TPSA) is 9.72 Å². The Morgan fingerprint density at radius 3 is 2.33 bits per heavy atom. The van der Waals surface area contributed by atoms with Gasteiger partial charge < -0.3 is 14.7 Å². The average Bonchev–Trinajstić information content (AvgIpc) is 2.98. The van der Waals surface area contributed by atoms with Crippen molar-refractivity contribution in [2.24, 2.45) is 0 Å². The molecule has 0 radical (unpaired) electrons. The van der Waals surface area contributed by atoms with Gasteiger partial charge in [0.25, 0.3) is 0 Å². The summed E-state index contributed by atoms with van der Waals surface area (Å²) in [5, 5.41) is 0. The van der Waals surface area contributed by atoms with Crippen LogP contribution in [0.4, 0.5) is 5.69 Å². The van der Waals surface area contributed by atoms with Crippen molar-refractivity contribution in [2.75, 3.05) is 24.7 Å². The third kappa shape index (κ3) is 2.62. The number of rotatable bonds is 2. The Kier molecular flexibility index (Phi) is 3.87. The molecule has 0 aromatic heterocycles. The van der Waals surface area contributed by atoms with Crippen molar-refractivity contribution in [3.63, 3.8) is 0 Å². The molecule has 0 spiro atoms. The van der Waals surface area contributed by atoms with Crippen molar-refractivity contribution in [3.05, 3.63) is 64.8 Å². The molecular formula is C21H27N3. The van der Waals surface area contributed by atoms with Crippen molar-refractivity contribution >= 4 is 5.69 Å². The molecule has 0 bridgehead atoms. The number of piperidine rings is 1. The summed E-state index contributed by atoms with van der Waals surface area (Å²) in [4.78, 5) is 7.43. The van der Waals surface area contributed by atoms with Gasteiger partial charge in [0, 0.05) is 25.0 Å². The molecule has 1 fully saturated rings. The number of nitrogens with zero attached hydrogens (tertiary/aromatic N) is 3. The lowest BCUT2D eigenvalue weighted by Gasteiger charge is -2.38. The van der Waals surface area contributed by atoms with Gasteiger partial charge in [-0.25, -0.2) is 0 Å². The fourth-order valence-electron chi connectivity index (χ4n) is 4.32. The summed E-state index contributed by atoms with van der Waals surface area (Å²) in [6.07, 6.45) is 13.0. The normalized spacial score (nSPS) is 20.2. The summed E-state index contributed by atoms with van der Waals surface area (Å²) in [5.74, 6) is 1.37. The van der Waals surface area contributed by atoms with Gasteiger partial charge in [-0.1, -0.05) is 23.8 Å². The number of hydrogen-bond donors (Lipinski definition) is 0. The van der Waals surface area contributed by atoms with Crippen molar-refractivity contribution in [2.45, 2.75) is 40.0 Å². The van der Waals surface area contributed by atoms with E-state index in [1.54, 1.807) is 0 Å². The van der Waals surface area contributed by atoms with E-state index in [-0.39, 0.29) is 0 Å². The number of hydrogen-bond acceptors (Lipinski definition) is 3. The summed E-state index contributed by atoms with van der Waals surface area (Å²) < 4.78 is 0. The van der Waals surface area contributed by atoms with E-state index < -0.39 is 0 Å². The summed E-state index contributed by atoms with van der Waals surface area (Å²) >= 11 is 0. The number of fused-ring (bicyclic) bond motifs is 1. The number of anilines is 1. The Morgan fingerprint density at radius 1 is 0.917 bits per heavy atom. The van der Waals surface area contributed by atoms with E-state index >= 15 is 0 Å². The molecule has 1 saturated heterocycles. The fourth-order valence-corrected chi connectivity index (χ4v) is 4.32. The third-order valence-electron chi connectivity index (χ3n) is 5.29. The molecule has 126 valence electrons. The smallest absolute Gasteiger partial charge is 0.110 e. The molecule has 0 aliphatic carbocycles. The first-order valence-electron chi connectivity index (χ1n) is 9.10. The molecule has 3 heterocycles. The summed E-state index contributed by atoms with van der Waals surface area (Å²) in [6, 6.07) is 4.57. The molecule has 0 N–H and O–H groups in total. The van der Waals surface area contributed by atoms with Crippen LogP contribution in [0.1, 0.15) is 36.0 Å². The van der Waals surface area contributed by atoms with Gasteiger partial charge in [-0.15, -0.1) is 0 Å². The van der Waals surface area contributed by atoms with Gasteiger partial charge in [0.05, 0.1) is 5.70 Å². The molecule has 1 aromatic carbocycles. The largest absolute Gasteiger partial charge is 0.358 e. The van der Waals surface area contributed by atoms with Crippen LogP contribution >= 0.6 is 0 Å². The number of benzene rings is 1. The number of aryl methyl sites for hydroxylation is 3. The zero-order valence-electron chi connectivity index (χ0n) is 15.0. The Morgan fingerprint density at radius 2 is 1.62 bits per heavy atom. The molecule has 1 aromatic rings. The predicted molar refractivity (Wildman–Crippen MR) is 101 cm³/mol. The van der Waals surface area contributed by atoms with Gasteiger partial charge >= 0.3 is 0 Å². The summed E-state index contributed by atoms with van der Waals surface area (Å²) in [5.41, 5.74) is 6.71. The molecule has 0 unspecified atom stereocenters. The lowest BCUT2D eigenvalue weighted by molar-refractivity contribution is 0.217. The molecule has 0 saturated carbocycles. The third-order valence-corrected chi connectivity index (χ3v) is 5.29. The quantitative estimate of drug-likeness (QED) is 0.798. The van der Waals surface area contributed by atoms with Gasteiger partial charge in [-0.2, -0.15) is 0 Å². The van der Waals surface area contributed by atoms with Crippen molar-refractivity contribution < 1.29 is 0 Å². The highest BCUT2D eigenvalue weighted by molar-refractivity contribution is 5.64. The van der Waals surface area contributed by atoms with Gasteiger partial charge in [0.15, 0.2) is 0 Å². The molecule has 3 aliphatic rings.